The van der Waals surface area contributed by atoms with E-state index in [0.29, 0.717) is 0 Å². The maximum atomic E-state index is 13.8. The summed E-state index contributed by atoms with van der Waals surface area (Å²) < 4.78 is 31.3. The molecule has 1 fully saturated rings. The van der Waals surface area contributed by atoms with E-state index in [1.54, 1.807) is 0 Å². The molecule has 0 saturated carbocycles. The fraction of sp³-hybridized carbons (Fsp3) is 0.385. The number of benzene rings is 1. The van der Waals surface area contributed by atoms with Crippen LogP contribution in [0.1, 0.15) is 17.9 Å². The molecule has 1 aromatic carbocycles. The molecule has 0 radical (unpaired) electrons. The second-order valence-electron chi connectivity index (χ2n) is 4.41. The number of hydrogen-bond donors (Lipinski definition) is 1. The molecule has 1 saturated heterocycles. The number of amides is 1. The van der Waals surface area contributed by atoms with Gasteiger partial charge in [-0.15, -0.1) is 0 Å². The Kier molecular flexibility index (Phi) is 3.78. The van der Waals surface area contributed by atoms with Gasteiger partial charge in [0.2, 0.25) is 5.91 Å². The molecule has 1 aliphatic heterocycles. The number of nitrogens with one attached hydrogen (secondary N) is 1. The summed E-state index contributed by atoms with van der Waals surface area (Å²) >= 11 is 0. The first-order valence-electron chi connectivity index (χ1n) is 5.82. The van der Waals surface area contributed by atoms with Crippen molar-refractivity contribution in [3.8, 4) is 0 Å². The first-order chi connectivity index (χ1) is 9.02. The average Bonchev–Trinajstić information content (AvgIpc) is 2.38. The van der Waals surface area contributed by atoms with Gasteiger partial charge in [0.1, 0.15) is 11.6 Å². The summed E-state index contributed by atoms with van der Waals surface area (Å²) in [6.07, 6.45) is -0.0255. The molecule has 1 N–H and O–H groups in total. The van der Waals surface area contributed by atoms with Gasteiger partial charge in [0.15, 0.2) is 0 Å². The summed E-state index contributed by atoms with van der Waals surface area (Å²) in [6, 6.07) is 3.12. The van der Waals surface area contributed by atoms with Crippen LogP contribution in [0.2, 0.25) is 0 Å². The number of ether oxygens (including phenoxy) is 1. The van der Waals surface area contributed by atoms with E-state index in [1.807, 2.05) is 0 Å². The Bertz CT molecular complexity index is 519. The molecule has 1 amide bonds. The van der Waals surface area contributed by atoms with Gasteiger partial charge in [-0.3, -0.25) is 9.59 Å². The molecule has 0 unspecified atom stereocenters. The summed E-state index contributed by atoms with van der Waals surface area (Å²) in [6.45, 7) is 0.0903. The first kappa shape index (κ1) is 13.5. The van der Waals surface area contributed by atoms with Crippen LogP contribution in [0.4, 0.5) is 8.78 Å². The third kappa shape index (κ3) is 2.72. The Hall–Kier alpha value is -1.98. The number of esters is 1. The number of methoxy groups -OCH3 is 1. The molecule has 0 bridgehead atoms. The molecule has 4 nitrogen and oxygen atoms in total. The predicted octanol–water partition coefficient (Wildman–Crippen LogP) is 1.36. The van der Waals surface area contributed by atoms with Gasteiger partial charge in [-0.25, -0.2) is 8.78 Å². The van der Waals surface area contributed by atoms with Crippen molar-refractivity contribution in [3.05, 3.63) is 35.4 Å². The Balaban J connectivity index is 2.36. The summed E-state index contributed by atoms with van der Waals surface area (Å²) in [4.78, 5) is 23.1. The Morgan fingerprint density at radius 1 is 1.42 bits per heavy atom. The zero-order valence-corrected chi connectivity index (χ0v) is 10.3. The highest BCUT2D eigenvalue weighted by Crippen LogP contribution is 2.33. The number of carbonyl (C=O) groups is 2. The average molecular weight is 269 g/mol. The summed E-state index contributed by atoms with van der Waals surface area (Å²) in [5, 5.41) is 2.54. The normalized spacial score (nSPS) is 22.8. The summed E-state index contributed by atoms with van der Waals surface area (Å²) in [5.74, 6) is -3.54. The molecule has 0 spiro atoms. The molecular formula is C13H13F2NO3. The van der Waals surface area contributed by atoms with Crippen LogP contribution in [0.25, 0.3) is 0 Å². The number of rotatable bonds is 2. The highest BCUT2D eigenvalue weighted by molar-refractivity contribution is 5.83. The van der Waals surface area contributed by atoms with Crippen LogP contribution in [0.15, 0.2) is 18.2 Å². The zero-order valence-electron chi connectivity index (χ0n) is 10.3. The Morgan fingerprint density at radius 2 is 2.16 bits per heavy atom. The van der Waals surface area contributed by atoms with Crippen molar-refractivity contribution in [2.24, 2.45) is 5.92 Å². The second-order valence-corrected chi connectivity index (χ2v) is 4.41. The van der Waals surface area contributed by atoms with Crippen LogP contribution >= 0.6 is 0 Å². The van der Waals surface area contributed by atoms with E-state index in [9.17, 15) is 18.4 Å². The number of piperidine rings is 1. The molecule has 1 aromatic rings. The van der Waals surface area contributed by atoms with E-state index in [-0.39, 0.29) is 24.4 Å². The van der Waals surface area contributed by atoms with Gasteiger partial charge < -0.3 is 10.1 Å². The van der Waals surface area contributed by atoms with E-state index in [0.717, 1.165) is 12.1 Å². The highest BCUT2D eigenvalue weighted by Gasteiger charge is 2.37. The summed E-state index contributed by atoms with van der Waals surface area (Å²) in [5.41, 5.74) is 0.159. The minimum atomic E-state index is -0.756. The zero-order chi connectivity index (χ0) is 14.0. The largest absolute Gasteiger partial charge is 0.469 e. The van der Waals surface area contributed by atoms with Crippen LogP contribution in [-0.2, 0) is 14.3 Å². The minimum absolute atomic E-state index is 0.0255. The number of hydrogen-bond acceptors (Lipinski definition) is 3. The number of carbonyl (C=O) groups excluding carboxylic acids is 2. The molecule has 0 aromatic heterocycles. The lowest BCUT2D eigenvalue weighted by Gasteiger charge is -2.30. The maximum Gasteiger partial charge on any atom is 0.311 e. The van der Waals surface area contributed by atoms with Gasteiger partial charge in [0, 0.05) is 24.9 Å². The number of halogens is 2. The fourth-order valence-electron chi connectivity index (χ4n) is 2.31. The smallest absolute Gasteiger partial charge is 0.311 e. The summed E-state index contributed by atoms with van der Waals surface area (Å²) in [7, 11) is 1.23. The highest BCUT2D eigenvalue weighted by atomic mass is 19.1. The van der Waals surface area contributed by atoms with Crippen LogP contribution in [0.3, 0.4) is 0 Å². The van der Waals surface area contributed by atoms with E-state index in [4.69, 9.17) is 0 Å². The van der Waals surface area contributed by atoms with Crippen LogP contribution in [0.5, 0.6) is 0 Å². The lowest BCUT2D eigenvalue weighted by Crippen LogP contribution is -2.43. The Labute approximate surface area is 108 Å². The van der Waals surface area contributed by atoms with Crippen molar-refractivity contribution in [2.75, 3.05) is 13.7 Å². The van der Waals surface area contributed by atoms with Gasteiger partial charge in [-0.2, -0.15) is 0 Å². The third-order valence-corrected chi connectivity index (χ3v) is 3.28. The van der Waals surface area contributed by atoms with Gasteiger partial charge >= 0.3 is 5.97 Å². The van der Waals surface area contributed by atoms with Gasteiger partial charge in [-0.1, -0.05) is 6.07 Å². The molecule has 1 heterocycles. The van der Waals surface area contributed by atoms with Crippen molar-refractivity contribution >= 4 is 11.9 Å². The molecule has 2 atom stereocenters. The second kappa shape index (κ2) is 5.34. The van der Waals surface area contributed by atoms with Gasteiger partial charge in [0.05, 0.1) is 13.0 Å². The van der Waals surface area contributed by atoms with Crippen molar-refractivity contribution in [2.45, 2.75) is 12.3 Å². The van der Waals surface area contributed by atoms with Gasteiger partial charge in [0.25, 0.3) is 0 Å². The Morgan fingerprint density at radius 3 is 2.79 bits per heavy atom. The standard InChI is InChI=1S/C13H13F2NO3/c1-19-13(18)10-6-16-12(17)5-9(10)8-3-2-7(14)4-11(8)15/h2-4,9-10H,5-6H2,1H3,(H,16,17)/t9-,10-/m0/s1. The predicted molar refractivity (Wildman–Crippen MR) is 62.2 cm³/mol. The van der Waals surface area contributed by atoms with Crippen molar-refractivity contribution in [1.29, 1.82) is 0 Å². The van der Waals surface area contributed by atoms with Crippen molar-refractivity contribution in [3.63, 3.8) is 0 Å². The SMILES string of the molecule is COC(=O)[C@H]1CNC(=O)C[C@H]1c1ccc(F)cc1F. The molecular weight excluding hydrogens is 256 g/mol. The van der Waals surface area contributed by atoms with Crippen molar-refractivity contribution < 1.29 is 23.1 Å². The van der Waals surface area contributed by atoms with Crippen LogP contribution < -0.4 is 5.32 Å². The van der Waals surface area contributed by atoms with Gasteiger partial charge in [-0.05, 0) is 11.6 Å². The molecule has 2 rings (SSSR count). The first-order valence-corrected chi connectivity index (χ1v) is 5.82. The maximum absolute atomic E-state index is 13.8. The monoisotopic (exact) mass is 269 g/mol. The molecule has 0 aliphatic carbocycles. The lowest BCUT2D eigenvalue weighted by molar-refractivity contribution is -0.147. The van der Waals surface area contributed by atoms with E-state index in [2.05, 4.69) is 10.1 Å². The fourth-order valence-corrected chi connectivity index (χ4v) is 2.31. The quantitative estimate of drug-likeness (QED) is 0.825. The third-order valence-electron chi connectivity index (χ3n) is 3.28. The lowest BCUT2D eigenvalue weighted by atomic mass is 9.80. The minimum Gasteiger partial charge on any atom is -0.469 e. The topological polar surface area (TPSA) is 55.4 Å². The van der Waals surface area contributed by atoms with Crippen LogP contribution in [-0.4, -0.2) is 25.5 Å². The van der Waals surface area contributed by atoms with E-state index in [1.165, 1.54) is 13.2 Å². The van der Waals surface area contributed by atoms with Crippen molar-refractivity contribution in [1.82, 2.24) is 5.32 Å². The van der Waals surface area contributed by atoms with E-state index >= 15 is 0 Å². The molecule has 19 heavy (non-hydrogen) atoms. The van der Waals surface area contributed by atoms with E-state index < -0.39 is 29.4 Å². The molecule has 6 heteroatoms. The molecule has 1 aliphatic rings. The molecule has 102 valence electrons. The van der Waals surface area contributed by atoms with Crippen LogP contribution in [0, 0.1) is 17.6 Å².